The molecule has 2 aromatic rings. The maximum absolute atomic E-state index is 12.5. The first-order valence-corrected chi connectivity index (χ1v) is 10.0. The number of hydrogen-bond acceptors (Lipinski definition) is 6. The number of nitrogens with zero attached hydrogens (tertiary/aromatic N) is 4. The van der Waals surface area contributed by atoms with Crippen LogP contribution < -0.4 is 4.74 Å². The van der Waals surface area contributed by atoms with E-state index in [1.165, 1.54) is 0 Å². The summed E-state index contributed by atoms with van der Waals surface area (Å²) < 4.78 is 10.6. The molecule has 154 valence electrons. The van der Waals surface area contributed by atoms with Gasteiger partial charge in [-0.05, 0) is 30.5 Å². The standard InChI is InChI=1S/C21H26N4O4/c1-14(26)24-9-7-16(8-10-24)20-22-21(29-23-20)17-12-25(13-17)19(27)11-15-3-5-18(28-2)6-4-15/h3-6,16-17H,7-13H2,1-2H3. The summed E-state index contributed by atoms with van der Waals surface area (Å²) in [5, 5.41) is 4.16. The lowest BCUT2D eigenvalue weighted by Crippen LogP contribution is -2.49. The van der Waals surface area contributed by atoms with Crippen LogP contribution in [0.3, 0.4) is 0 Å². The van der Waals surface area contributed by atoms with Gasteiger partial charge in [-0.25, -0.2) is 0 Å². The molecule has 8 heteroatoms. The molecule has 4 rings (SSSR count). The third-order valence-corrected chi connectivity index (χ3v) is 5.86. The van der Waals surface area contributed by atoms with E-state index >= 15 is 0 Å². The fourth-order valence-corrected chi connectivity index (χ4v) is 3.90. The van der Waals surface area contributed by atoms with Gasteiger partial charge < -0.3 is 19.1 Å². The van der Waals surface area contributed by atoms with E-state index in [0.717, 1.165) is 43.1 Å². The first kappa shape index (κ1) is 19.4. The third kappa shape index (κ3) is 4.26. The molecule has 0 unspecified atom stereocenters. The van der Waals surface area contributed by atoms with Crippen LogP contribution in [-0.2, 0) is 16.0 Å². The van der Waals surface area contributed by atoms with Gasteiger partial charge in [0.25, 0.3) is 0 Å². The molecule has 0 atom stereocenters. The quantitative estimate of drug-likeness (QED) is 0.765. The van der Waals surface area contributed by atoms with Crippen LogP contribution in [-0.4, -0.2) is 65.0 Å². The van der Waals surface area contributed by atoms with Crippen molar-refractivity contribution < 1.29 is 18.8 Å². The number of carbonyl (C=O) groups excluding carboxylic acids is 2. The van der Waals surface area contributed by atoms with E-state index in [1.807, 2.05) is 34.1 Å². The van der Waals surface area contributed by atoms with Crippen molar-refractivity contribution in [3.63, 3.8) is 0 Å². The van der Waals surface area contributed by atoms with Crippen molar-refractivity contribution in [3.05, 3.63) is 41.5 Å². The van der Waals surface area contributed by atoms with Gasteiger partial charge in [-0.3, -0.25) is 9.59 Å². The molecule has 0 spiro atoms. The van der Waals surface area contributed by atoms with Crippen molar-refractivity contribution in [2.24, 2.45) is 0 Å². The number of ether oxygens (including phenoxy) is 1. The Hall–Kier alpha value is -2.90. The summed E-state index contributed by atoms with van der Waals surface area (Å²) in [6.07, 6.45) is 2.09. The summed E-state index contributed by atoms with van der Waals surface area (Å²) in [5.74, 6) is 2.68. The number of amides is 2. The molecule has 2 saturated heterocycles. The Morgan fingerprint density at radius 1 is 1.10 bits per heavy atom. The van der Waals surface area contributed by atoms with E-state index in [4.69, 9.17) is 9.26 Å². The van der Waals surface area contributed by atoms with Crippen LogP contribution in [0.15, 0.2) is 28.8 Å². The summed E-state index contributed by atoms with van der Waals surface area (Å²) >= 11 is 0. The second-order valence-corrected chi connectivity index (χ2v) is 7.79. The molecule has 1 aromatic heterocycles. The molecule has 0 bridgehead atoms. The number of benzene rings is 1. The van der Waals surface area contributed by atoms with Gasteiger partial charge in [0.1, 0.15) is 5.75 Å². The molecule has 0 N–H and O–H groups in total. The summed E-state index contributed by atoms with van der Waals surface area (Å²) in [5.41, 5.74) is 0.969. The molecule has 0 radical (unpaired) electrons. The molecule has 2 aliphatic heterocycles. The predicted molar refractivity (Wildman–Crippen MR) is 105 cm³/mol. The Morgan fingerprint density at radius 2 is 1.79 bits per heavy atom. The number of rotatable bonds is 5. The lowest BCUT2D eigenvalue weighted by Gasteiger charge is -2.37. The van der Waals surface area contributed by atoms with Crippen LogP contribution in [0, 0.1) is 0 Å². The summed E-state index contributed by atoms with van der Waals surface area (Å²) in [7, 11) is 1.62. The van der Waals surface area contributed by atoms with Gasteiger partial charge in [-0.2, -0.15) is 4.98 Å². The van der Waals surface area contributed by atoms with Crippen molar-refractivity contribution in [1.82, 2.24) is 19.9 Å². The highest BCUT2D eigenvalue weighted by molar-refractivity contribution is 5.79. The van der Waals surface area contributed by atoms with Crippen LogP contribution in [0.1, 0.15) is 48.9 Å². The number of methoxy groups -OCH3 is 1. The predicted octanol–water partition coefficient (Wildman–Crippen LogP) is 1.97. The summed E-state index contributed by atoms with van der Waals surface area (Å²) in [6.45, 7) is 4.30. The molecule has 2 aliphatic rings. The second-order valence-electron chi connectivity index (χ2n) is 7.79. The molecule has 8 nitrogen and oxygen atoms in total. The minimum Gasteiger partial charge on any atom is -0.497 e. The molecule has 2 amide bonds. The molecule has 0 saturated carbocycles. The number of likely N-dealkylation sites (tertiary alicyclic amines) is 2. The van der Waals surface area contributed by atoms with Gasteiger partial charge in [0.2, 0.25) is 17.7 Å². The topological polar surface area (TPSA) is 88.8 Å². The highest BCUT2D eigenvalue weighted by atomic mass is 16.5. The normalized spacial score (nSPS) is 17.9. The van der Waals surface area contributed by atoms with Gasteiger partial charge in [-0.1, -0.05) is 17.3 Å². The zero-order valence-corrected chi connectivity index (χ0v) is 16.8. The number of piperidine rings is 1. The van der Waals surface area contributed by atoms with Gasteiger partial charge in [0.05, 0.1) is 19.4 Å². The maximum Gasteiger partial charge on any atom is 0.233 e. The lowest BCUT2D eigenvalue weighted by molar-refractivity contribution is -0.135. The molecule has 2 fully saturated rings. The van der Waals surface area contributed by atoms with E-state index in [-0.39, 0.29) is 23.7 Å². The van der Waals surface area contributed by atoms with E-state index in [1.54, 1.807) is 14.0 Å². The number of carbonyl (C=O) groups is 2. The summed E-state index contributed by atoms with van der Waals surface area (Å²) in [4.78, 5) is 32.2. The second kappa shape index (κ2) is 8.23. The molecular weight excluding hydrogens is 372 g/mol. The zero-order valence-electron chi connectivity index (χ0n) is 16.8. The van der Waals surface area contributed by atoms with E-state index in [2.05, 4.69) is 10.1 Å². The Bertz CT molecular complexity index is 865. The van der Waals surface area contributed by atoms with Gasteiger partial charge in [0.15, 0.2) is 5.82 Å². The van der Waals surface area contributed by atoms with E-state index in [9.17, 15) is 9.59 Å². The van der Waals surface area contributed by atoms with Crippen LogP contribution >= 0.6 is 0 Å². The highest BCUT2D eigenvalue weighted by Crippen LogP contribution is 2.30. The molecule has 29 heavy (non-hydrogen) atoms. The first-order chi connectivity index (χ1) is 14.0. The molecule has 3 heterocycles. The van der Waals surface area contributed by atoms with Crippen molar-refractivity contribution in [2.45, 2.75) is 38.0 Å². The van der Waals surface area contributed by atoms with Crippen LogP contribution in [0.2, 0.25) is 0 Å². The monoisotopic (exact) mass is 398 g/mol. The third-order valence-electron chi connectivity index (χ3n) is 5.86. The Balaban J connectivity index is 1.27. The Labute approximate surface area is 169 Å². The van der Waals surface area contributed by atoms with Crippen LogP contribution in [0.4, 0.5) is 0 Å². The van der Waals surface area contributed by atoms with Gasteiger partial charge in [-0.15, -0.1) is 0 Å². The average molecular weight is 398 g/mol. The van der Waals surface area contributed by atoms with Crippen LogP contribution in [0.5, 0.6) is 5.75 Å². The van der Waals surface area contributed by atoms with Crippen molar-refractivity contribution in [1.29, 1.82) is 0 Å². The number of hydrogen-bond donors (Lipinski definition) is 0. The SMILES string of the molecule is COc1ccc(CC(=O)N2CC(c3nc(C4CCN(C(C)=O)CC4)no3)C2)cc1. The van der Waals surface area contributed by atoms with Gasteiger partial charge in [0, 0.05) is 39.0 Å². The molecular formula is C21H26N4O4. The molecule has 0 aliphatic carbocycles. The Morgan fingerprint density at radius 3 is 2.41 bits per heavy atom. The van der Waals surface area contributed by atoms with E-state index in [0.29, 0.717) is 25.4 Å². The summed E-state index contributed by atoms with van der Waals surface area (Å²) in [6, 6.07) is 7.55. The van der Waals surface area contributed by atoms with Crippen molar-refractivity contribution in [3.8, 4) is 5.75 Å². The van der Waals surface area contributed by atoms with E-state index < -0.39 is 0 Å². The fourth-order valence-electron chi connectivity index (χ4n) is 3.90. The smallest absolute Gasteiger partial charge is 0.233 e. The fraction of sp³-hybridized carbons (Fsp3) is 0.524. The average Bonchev–Trinajstić information content (AvgIpc) is 3.17. The largest absolute Gasteiger partial charge is 0.497 e. The Kier molecular flexibility index (Phi) is 5.51. The minimum atomic E-state index is 0.0998. The molecule has 1 aromatic carbocycles. The zero-order chi connectivity index (χ0) is 20.4. The van der Waals surface area contributed by atoms with Crippen molar-refractivity contribution in [2.75, 3.05) is 33.3 Å². The minimum absolute atomic E-state index is 0.0998. The van der Waals surface area contributed by atoms with Crippen molar-refractivity contribution >= 4 is 11.8 Å². The first-order valence-electron chi connectivity index (χ1n) is 10.0. The van der Waals surface area contributed by atoms with Gasteiger partial charge >= 0.3 is 0 Å². The lowest BCUT2D eigenvalue weighted by atomic mass is 9.95. The highest BCUT2D eigenvalue weighted by Gasteiger charge is 2.36. The van der Waals surface area contributed by atoms with Crippen LogP contribution in [0.25, 0.3) is 0 Å². The maximum atomic E-state index is 12.5. The number of aromatic nitrogens is 2.